The van der Waals surface area contributed by atoms with Gasteiger partial charge in [-0.15, -0.1) is 0 Å². The molecule has 17 nitrogen and oxygen atoms in total. The number of ketones is 1. The largest absolute Gasteiger partial charge is 0.351 e. The fourth-order valence-corrected chi connectivity index (χ4v) is 8.85. The first kappa shape index (κ1) is 54.2. The van der Waals surface area contributed by atoms with Gasteiger partial charge in [-0.3, -0.25) is 9.59 Å². The van der Waals surface area contributed by atoms with Crippen LogP contribution in [-0.2, 0) is 16.0 Å². The first-order valence-corrected chi connectivity index (χ1v) is 23.8. The smallest absolute Gasteiger partial charge is 0.247 e. The summed E-state index contributed by atoms with van der Waals surface area (Å²) in [5, 5.41) is 16.7. The Morgan fingerprint density at radius 2 is 1.10 bits per heavy atom. The van der Waals surface area contributed by atoms with Crippen LogP contribution in [0.25, 0.3) is 22.3 Å². The molecule has 4 aromatic heterocycles. The second-order valence-corrected chi connectivity index (χ2v) is 18.9. The van der Waals surface area contributed by atoms with E-state index < -0.39 is 0 Å². The highest BCUT2D eigenvalue weighted by Gasteiger charge is 2.26. The van der Waals surface area contributed by atoms with Crippen molar-refractivity contribution < 1.29 is 9.59 Å². The third kappa shape index (κ3) is 13.7. The van der Waals surface area contributed by atoms with Gasteiger partial charge in [0.15, 0.2) is 39.7 Å². The van der Waals surface area contributed by atoms with Crippen LogP contribution in [0, 0.1) is 0 Å². The van der Waals surface area contributed by atoms with Crippen LogP contribution >= 0.6 is 0 Å². The van der Waals surface area contributed by atoms with Crippen LogP contribution in [0.1, 0.15) is 112 Å². The quantitative estimate of drug-likeness (QED) is 0.0543. The highest BCUT2D eigenvalue weighted by molar-refractivity contribution is 5.99. The molecule has 5 N–H and O–H groups in total. The lowest BCUT2D eigenvalue weighted by Gasteiger charge is -2.33. The molecule has 376 valence electrons. The van der Waals surface area contributed by atoms with Crippen LogP contribution in [0.15, 0.2) is 86.5 Å². The molecule has 0 aliphatic heterocycles. The molecular weight excluding hydrogens is 879 g/mol. The Morgan fingerprint density at radius 1 is 0.643 bits per heavy atom. The third-order valence-electron chi connectivity index (χ3n) is 12.9. The number of benzene rings is 2. The second-order valence-electron chi connectivity index (χ2n) is 18.9. The number of aromatic nitrogens is 8. The molecule has 1 amide bonds. The van der Waals surface area contributed by atoms with E-state index in [9.17, 15) is 9.59 Å². The van der Waals surface area contributed by atoms with Gasteiger partial charge in [0, 0.05) is 59.7 Å². The molecule has 0 saturated heterocycles. The highest BCUT2D eigenvalue weighted by Crippen LogP contribution is 2.31. The van der Waals surface area contributed by atoms with Crippen LogP contribution in [-0.4, -0.2) is 113 Å². The molecule has 70 heavy (non-hydrogen) atoms. The number of hydrogen-bond acceptors (Lipinski definition) is 14. The SMILES string of the molecule is C.C.C=CC(=O)Cc1ccc(Nc2nc(NC3CCC(N(C)C)CC3)nc3c2ncn3C(C)C)cc1.C=CC(=O)Nc1cccc(Nc2nc(NC3CCC(N(C)C)CC3)nc3c2ncn3C(C)C)c1. The Kier molecular flexibility index (Phi) is 19.1. The number of amides is 1. The Balaban J connectivity index is 0.000000254. The van der Waals surface area contributed by atoms with Gasteiger partial charge >= 0.3 is 0 Å². The summed E-state index contributed by atoms with van der Waals surface area (Å²) in [6.45, 7) is 15.5. The van der Waals surface area contributed by atoms with E-state index >= 15 is 0 Å². The number of anilines is 7. The van der Waals surface area contributed by atoms with Crippen molar-refractivity contribution in [2.45, 2.75) is 137 Å². The number of nitrogens with one attached hydrogen (secondary N) is 5. The van der Waals surface area contributed by atoms with Crippen molar-refractivity contribution in [1.82, 2.24) is 48.8 Å². The average Bonchev–Trinajstić information content (AvgIpc) is 3.96. The first-order chi connectivity index (χ1) is 32.7. The zero-order valence-corrected chi connectivity index (χ0v) is 41.0. The zero-order valence-electron chi connectivity index (χ0n) is 41.0. The Hall–Kier alpha value is -6.72. The standard InChI is InChI=1S/C26H35N7O.C25H34N8O.2CH4/c1-6-22(34)15-18-7-9-19(10-8-18)28-24-23-25(33(16-27-23)17(2)3)31-26(30-24)29-20-11-13-21(14-12-20)32(4)5;1-6-21(34)27-18-8-7-9-19(14-18)28-23-22-24(33(15-26-22)16(2)3)31-25(30-23)29-17-10-12-20(13-11-17)32(4)5;;/h6-10,16-17,20-21H,1,11-15H2,2-5H3,(H2,28,29,30,31);6-9,14-17,20H,1,10-13H2,2-5H3,(H,27,34)(H2,28,29,30,31);2*1H4. The summed E-state index contributed by atoms with van der Waals surface area (Å²) in [6, 6.07) is 17.7. The van der Waals surface area contributed by atoms with E-state index in [0.717, 1.165) is 72.3 Å². The predicted molar refractivity (Wildman–Crippen MR) is 289 cm³/mol. The topological polar surface area (TPSA) is 188 Å². The Morgan fingerprint density at radius 3 is 1.53 bits per heavy atom. The lowest BCUT2D eigenvalue weighted by atomic mass is 9.91. The van der Waals surface area contributed by atoms with Gasteiger partial charge in [-0.1, -0.05) is 46.2 Å². The van der Waals surface area contributed by atoms with Crippen molar-refractivity contribution >= 4 is 74.6 Å². The number of carbonyl (C=O) groups excluding carboxylic acids is 2. The lowest BCUT2D eigenvalue weighted by molar-refractivity contribution is -0.114. The van der Waals surface area contributed by atoms with E-state index in [1.165, 1.54) is 25.0 Å². The minimum absolute atomic E-state index is 0. The number of carbonyl (C=O) groups is 2. The van der Waals surface area contributed by atoms with Crippen LogP contribution in [0.5, 0.6) is 0 Å². The van der Waals surface area contributed by atoms with Gasteiger partial charge in [-0.25, -0.2) is 9.97 Å². The van der Waals surface area contributed by atoms with Gasteiger partial charge in [0.2, 0.25) is 17.8 Å². The number of nitrogens with zero attached hydrogens (tertiary/aromatic N) is 10. The van der Waals surface area contributed by atoms with Gasteiger partial charge in [0.05, 0.1) is 12.7 Å². The number of rotatable bonds is 17. The maximum absolute atomic E-state index is 11.7. The molecule has 2 saturated carbocycles. The summed E-state index contributed by atoms with van der Waals surface area (Å²) < 4.78 is 4.12. The number of fused-ring (bicyclic) bond motifs is 2. The minimum Gasteiger partial charge on any atom is -0.351 e. The number of allylic oxidation sites excluding steroid dienone is 1. The summed E-state index contributed by atoms with van der Waals surface area (Å²) in [5.41, 5.74) is 6.33. The monoisotopic (exact) mass is 956 g/mol. The fourth-order valence-electron chi connectivity index (χ4n) is 8.85. The van der Waals surface area contributed by atoms with Crippen molar-refractivity contribution in [2.24, 2.45) is 0 Å². The highest BCUT2D eigenvalue weighted by atomic mass is 16.1. The molecule has 0 spiro atoms. The average molecular weight is 956 g/mol. The van der Waals surface area contributed by atoms with Crippen LogP contribution in [0.4, 0.5) is 40.6 Å². The molecule has 0 bridgehead atoms. The first-order valence-electron chi connectivity index (χ1n) is 23.8. The molecule has 6 aromatic rings. The molecule has 2 aliphatic carbocycles. The van der Waals surface area contributed by atoms with E-state index in [1.807, 2.05) is 61.2 Å². The normalized spacial score (nSPS) is 17.8. The summed E-state index contributed by atoms with van der Waals surface area (Å²) in [6.07, 6.45) is 15.6. The molecule has 2 aromatic carbocycles. The van der Waals surface area contributed by atoms with Gasteiger partial charge in [-0.05, 0) is 155 Å². The second kappa shape index (κ2) is 24.7. The molecule has 17 heteroatoms. The van der Waals surface area contributed by atoms with Crippen LogP contribution in [0.3, 0.4) is 0 Å². The van der Waals surface area contributed by atoms with Gasteiger partial charge < -0.3 is 45.5 Å². The summed E-state index contributed by atoms with van der Waals surface area (Å²) >= 11 is 0. The van der Waals surface area contributed by atoms with Gasteiger partial charge in [0.25, 0.3) is 0 Å². The lowest BCUT2D eigenvalue weighted by Crippen LogP contribution is -2.36. The number of hydrogen-bond donors (Lipinski definition) is 5. The van der Waals surface area contributed by atoms with Crippen molar-refractivity contribution in [3.8, 4) is 0 Å². The third-order valence-corrected chi connectivity index (χ3v) is 12.9. The zero-order chi connectivity index (χ0) is 48.5. The maximum atomic E-state index is 11.7. The van der Waals surface area contributed by atoms with Crippen LogP contribution in [0.2, 0.25) is 0 Å². The Bertz CT molecular complexity index is 2670. The maximum Gasteiger partial charge on any atom is 0.247 e. The summed E-state index contributed by atoms with van der Waals surface area (Å²) in [5.74, 6) is 2.27. The van der Waals surface area contributed by atoms with Gasteiger partial charge in [0.1, 0.15) is 0 Å². The van der Waals surface area contributed by atoms with E-state index in [1.54, 1.807) is 0 Å². The molecule has 4 heterocycles. The molecule has 0 atom stereocenters. The van der Waals surface area contributed by atoms with E-state index in [-0.39, 0.29) is 38.6 Å². The molecule has 0 unspecified atom stereocenters. The van der Waals surface area contributed by atoms with E-state index in [2.05, 4.69) is 125 Å². The van der Waals surface area contributed by atoms with Crippen molar-refractivity contribution in [2.75, 3.05) is 54.8 Å². The van der Waals surface area contributed by atoms with Crippen molar-refractivity contribution in [3.63, 3.8) is 0 Å². The molecule has 8 rings (SSSR count). The minimum atomic E-state index is -0.257. The number of imidazole rings is 2. The van der Waals surface area contributed by atoms with Gasteiger partial charge in [-0.2, -0.15) is 19.9 Å². The molecule has 0 radical (unpaired) electrons. The summed E-state index contributed by atoms with van der Waals surface area (Å²) in [4.78, 5) is 56.5. The van der Waals surface area contributed by atoms with Crippen LogP contribution < -0.4 is 26.6 Å². The fraction of sp³-hybridized carbons (Fsp3) is 0.472. The Labute approximate surface area is 415 Å². The van der Waals surface area contributed by atoms with Crippen molar-refractivity contribution in [3.05, 3.63) is 92.1 Å². The van der Waals surface area contributed by atoms with Crippen molar-refractivity contribution in [1.29, 1.82) is 0 Å². The predicted octanol–water partition coefficient (Wildman–Crippen LogP) is 10.6. The molecule has 2 aliphatic rings. The summed E-state index contributed by atoms with van der Waals surface area (Å²) in [7, 11) is 8.62. The molecular formula is C53H77N15O2. The van der Waals surface area contributed by atoms with E-state index in [4.69, 9.17) is 19.9 Å². The van der Waals surface area contributed by atoms with E-state index in [0.29, 0.717) is 65.3 Å². The molecule has 2 fully saturated rings.